The van der Waals surface area contributed by atoms with E-state index in [9.17, 15) is 9.59 Å². The number of imide groups is 1. The predicted molar refractivity (Wildman–Crippen MR) is 115 cm³/mol. The van der Waals surface area contributed by atoms with Crippen LogP contribution in [0.1, 0.15) is 30.5 Å². The van der Waals surface area contributed by atoms with E-state index in [1.54, 1.807) is 4.90 Å². The van der Waals surface area contributed by atoms with Gasteiger partial charge >= 0.3 is 0 Å². The van der Waals surface area contributed by atoms with Crippen molar-refractivity contribution in [1.82, 2.24) is 4.90 Å². The number of carbonyl (C=O) groups is 2. The molecule has 0 aromatic heterocycles. The summed E-state index contributed by atoms with van der Waals surface area (Å²) in [7, 11) is 1.82. The zero-order chi connectivity index (χ0) is 21.1. The van der Waals surface area contributed by atoms with Crippen molar-refractivity contribution in [3.05, 3.63) is 70.9 Å². The van der Waals surface area contributed by atoms with Gasteiger partial charge in [0.15, 0.2) is 0 Å². The number of likely N-dealkylation sites (N-methyl/N-ethyl adjacent to an activating group) is 1. The van der Waals surface area contributed by atoms with E-state index in [2.05, 4.69) is 0 Å². The highest BCUT2D eigenvalue weighted by atomic mass is 16.5. The highest BCUT2D eigenvalue weighted by Gasteiger charge is 2.41. The molecule has 0 atom stereocenters. The van der Waals surface area contributed by atoms with E-state index in [0.717, 1.165) is 22.4 Å². The average Bonchev–Trinajstić information content (AvgIpc) is 2.94. The summed E-state index contributed by atoms with van der Waals surface area (Å²) in [6, 6.07) is 15.5. The number of amides is 2. The van der Waals surface area contributed by atoms with Gasteiger partial charge in [-0.25, -0.2) is 0 Å². The standard InChI is InChI=1S/C24H28N2O3/c1-16(2)29-14-13-26-23(27)21(19-12-11-17(3)18(4)15-19)22(24(26)28)25(5)20-9-7-6-8-10-20/h6-12,15-16H,13-14H2,1-5H3. The van der Waals surface area contributed by atoms with Crippen LogP contribution >= 0.6 is 0 Å². The Bertz CT molecular complexity index is 948. The van der Waals surface area contributed by atoms with Crippen molar-refractivity contribution in [3.8, 4) is 0 Å². The zero-order valence-corrected chi connectivity index (χ0v) is 17.7. The number of nitrogens with zero attached hydrogens (tertiary/aromatic N) is 2. The summed E-state index contributed by atoms with van der Waals surface area (Å²) >= 11 is 0. The minimum Gasteiger partial charge on any atom is -0.377 e. The monoisotopic (exact) mass is 392 g/mol. The SMILES string of the molecule is Cc1ccc(C2=C(N(C)c3ccccc3)C(=O)N(CCOC(C)C)C2=O)cc1C. The largest absolute Gasteiger partial charge is 0.377 e. The van der Waals surface area contributed by atoms with Gasteiger partial charge in [-0.1, -0.05) is 36.4 Å². The lowest BCUT2D eigenvalue weighted by Gasteiger charge is -2.21. The van der Waals surface area contributed by atoms with Gasteiger partial charge in [0.2, 0.25) is 0 Å². The Morgan fingerprint density at radius 2 is 1.66 bits per heavy atom. The molecule has 0 unspecified atom stereocenters. The van der Waals surface area contributed by atoms with Gasteiger partial charge in [-0.05, 0) is 56.5 Å². The van der Waals surface area contributed by atoms with E-state index in [1.165, 1.54) is 4.90 Å². The van der Waals surface area contributed by atoms with Crippen LogP contribution in [0.4, 0.5) is 5.69 Å². The second kappa shape index (κ2) is 8.62. The van der Waals surface area contributed by atoms with Gasteiger partial charge in [0, 0.05) is 12.7 Å². The molecule has 0 bridgehead atoms. The second-order valence-electron chi connectivity index (χ2n) is 7.60. The van der Waals surface area contributed by atoms with Gasteiger partial charge in [0.1, 0.15) is 5.70 Å². The summed E-state index contributed by atoms with van der Waals surface area (Å²) in [5, 5.41) is 0. The predicted octanol–water partition coefficient (Wildman–Crippen LogP) is 3.94. The van der Waals surface area contributed by atoms with Gasteiger partial charge in [-0.15, -0.1) is 0 Å². The number of carbonyl (C=O) groups excluding carboxylic acids is 2. The number of hydrogen-bond donors (Lipinski definition) is 0. The van der Waals surface area contributed by atoms with Crippen LogP contribution in [0.3, 0.4) is 0 Å². The number of hydrogen-bond acceptors (Lipinski definition) is 4. The quantitative estimate of drug-likeness (QED) is 0.670. The van der Waals surface area contributed by atoms with Crippen molar-refractivity contribution in [2.24, 2.45) is 0 Å². The molecule has 152 valence electrons. The van der Waals surface area contributed by atoms with Gasteiger partial charge < -0.3 is 9.64 Å². The maximum absolute atomic E-state index is 13.3. The molecular weight excluding hydrogens is 364 g/mol. The summed E-state index contributed by atoms with van der Waals surface area (Å²) in [4.78, 5) is 29.7. The van der Waals surface area contributed by atoms with Crippen molar-refractivity contribution in [3.63, 3.8) is 0 Å². The number of benzene rings is 2. The second-order valence-corrected chi connectivity index (χ2v) is 7.60. The molecule has 5 heteroatoms. The lowest BCUT2D eigenvalue weighted by molar-refractivity contribution is -0.138. The van der Waals surface area contributed by atoms with Gasteiger partial charge in [0.05, 0.1) is 24.8 Å². The van der Waals surface area contributed by atoms with Crippen LogP contribution in [-0.2, 0) is 14.3 Å². The Labute approximate surface area is 172 Å². The Hall–Kier alpha value is -2.92. The Morgan fingerprint density at radius 3 is 2.28 bits per heavy atom. The van der Waals surface area contributed by atoms with Crippen molar-refractivity contribution in [2.45, 2.75) is 33.8 Å². The molecule has 2 amide bonds. The Morgan fingerprint density at radius 1 is 0.966 bits per heavy atom. The normalized spacial score (nSPS) is 14.3. The smallest absolute Gasteiger partial charge is 0.278 e. The Balaban J connectivity index is 2.05. The van der Waals surface area contributed by atoms with Gasteiger partial charge in [-0.2, -0.15) is 0 Å². The van der Waals surface area contributed by atoms with Crippen molar-refractivity contribution in [2.75, 3.05) is 25.1 Å². The van der Waals surface area contributed by atoms with Crippen molar-refractivity contribution in [1.29, 1.82) is 0 Å². The molecule has 3 rings (SSSR count). The van der Waals surface area contributed by atoms with Crippen LogP contribution in [0.25, 0.3) is 5.57 Å². The van der Waals surface area contributed by atoms with E-state index < -0.39 is 0 Å². The molecule has 2 aromatic carbocycles. The van der Waals surface area contributed by atoms with Crippen LogP contribution in [0.5, 0.6) is 0 Å². The fourth-order valence-electron chi connectivity index (χ4n) is 3.40. The first-order valence-corrected chi connectivity index (χ1v) is 9.89. The topological polar surface area (TPSA) is 49.9 Å². The summed E-state index contributed by atoms with van der Waals surface area (Å²) in [5.41, 5.74) is 4.68. The first kappa shape index (κ1) is 20.8. The number of rotatable bonds is 7. The molecule has 0 radical (unpaired) electrons. The first-order chi connectivity index (χ1) is 13.8. The molecule has 29 heavy (non-hydrogen) atoms. The molecule has 0 saturated carbocycles. The van der Waals surface area contributed by atoms with E-state index in [-0.39, 0.29) is 24.5 Å². The summed E-state index contributed by atoms with van der Waals surface area (Å²) in [6.45, 7) is 8.45. The summed E-state index contributed by atoms with van der Waals surface area (Å²) in [6.07, 6.45) is 0.0430. The van der Waals surface area contributed by atoms with Gasteiger partial charge in [0.25, 0.3) is 11.8 Å². The van der Waals surface area contributed by atoms with E-state index in [4.69, 9.17) is 4.74 Å². The fraction of sp³-hybridized carbons (Fsp3) is 0.333. The average molecular weight is 392 g/mol. The molecule has 0 spiro atoms. The van der Waals surface area contributed by atoms with Crippen LogP contribution in [0.2, 0.25) is 0 Å². The first-order valence-electron chi connectivity index (χ1n) is 9.89. The molecule has 5 nitrogen and oxygen atoms in total. The third kappa shape index (κ3) is 4.25. The fourth-order valence-corrected chi connectivity index (χ4v) is 3.40. The molecule has 1 heterocycles. The van der Waals surface area contributed by atoms with E-state index >= 15 is 0 Å². The van der Waals surface area contributed by atoms with E-state index in [0.29, 0.717) is 17.9 Å². The molecule has 0 N–H and O–H groups in total. The lowest BCUT2D eigenvalue weighted by Crippen LogP contribution is -2.37. The highest BCUT2D eigenvalue weighted by molar-refractivity contribution is 6.36. The number of aryl methyl sites for hydroxylation is 2. The van der Waals surface area contributed by atoms with Crippen LogP contribution < -0.4 is 4.90 Å². The molecule has 2 aromatic rings. The van der Waals surface area contributed by atoms with E-state index in [1.807, 2.05) is 83.3 Å². The number of anilines is 1. The van der Waals surface area contributed by atoms with Crippen LogP contribution in [0, 0.1) is 13.8 Å². The minimum atomic E-state index is -0.290. The third-order valence-corrected chi connectivity index (χ3v) is 5.18. The summed E-state index contributed by atoms with van der Waals surface area (Å²) < 4.78 is 5.58. The van der Waals surface area contributed by atoms with Crippen LogP contribution in [0.15, 0.2) is 54.2 Å². The highest BCUT2D eigenvalue weighted by Crippen LogP contribution is 2.34. The third-order valence-electron chi connectivity index (χ3n) is 5.18. The maximum Gasteiger partial charge on any atom is 0.278 e. The maximum atomic E-state index is 13.3. The molecule has 0 fully saturated rings. The summed E-state index contributed by atoms with van der Waals surface area (Å²) in [5.74, 6) is -0.565. The number of ether oxygens (including phenoxy) is 1. The van der Waals surface area contributed by atoms with Crippen molar-refractivity contribution < 1.29 is 14.3 Å². The van der Waals surface area contributed by atoms with Gasteiger partial charge in [-0.3, -0.25) is 14.5 Å². The number of para-hydroxylation sites is 1. The molecule has 1 aliphatic rings. The zero-order valence-electron chi connectivity index (χ0n) is 17.7. The van der Waals surface area contributed by atoms with Crippen LogP contribution in [-0.4, -0.2) is 43.0 Å². The minimum absolute atomic E-state index is 0.0430. The molecule has 0 saturated heterocycles. The molecular formula is C24H28N2O3. The molecule has 1 aliphatic heterocycles. The lowest BCUT2D eigenvalue weighted by atomic mass is 9.99. The Kier molecular flexibility index (Phi) is 6.18. The molecule has 0 aliphatic carbocycles. The van der Waals surface area contributed by atoms with Crippen molar-refractivity contribution >= 4 is 23.1 Å².